The Hall–Kier alpha value is -0.220. The zero-order valence-corrected chi connectivity index (χ0v) is 9.35. The molecule has 0 atom stereocenters. The van der Waals surface area contributed by atoms with Crippen LogP contribution in [0.4, 0.5) is 0 Å². The number of rotatable bonds is 3. The molecule has 0 aromatic rings. The third-order valence-corrected chi connectivity index (χ3v) is 4.47. The Morgan fingerprint density at radius 2 is 2.00 bits per heavy atom. The molecule has 3 nitrogen and oxygen atoms in total. The van der Waals surface area contributed by atoms with E-state index in [1.165, 1.54) is 12.8 Å². The maximum Gasteiger partial charge on any atom is 0.324 e. The van der Waals surface area contributed by atoms with Gasteiger partial charge in [-0.25, -0.2) is 0 Å². The van der Waals surface area contributed by atoms with E-state index >= 15 is 0 Å². The summed E-state index contributed by atoms with van der Waals surface area (Å²) in [5, 5.41) is 9.38. The van der Waals surface area contributed by atoms with E-state index in [1.54, 1.807) is 0 Å². The summed E-state index contributed by atoms with van der Waals surface area (Å²) >= 11 is 1.87. The molecule has 0 bridgehead atoms. The van der Waals surface area contributed by atoms with E-state index in [4.69, 9.17) is 0 Å². The standard InChI is InChI=1S/C10H17NO2S/c1-11(8-2-3-8)10(9(12)13)4-6-14-7-5-10/h8H,2-7H2,1H3,(H,12,13). The van der Waals surface area contributed by atoms with E-state index in [1.807, 2.05) is 18.8 Å². The lowest BCUT2D eigenvalue weighted by molar-refractivity contribution is -0.151. The number of nitrogens with zero attached hydrogens (tertiary/aromatic N) is 1. The SMILES string of the molecule is CN(C1CC1)C1(C(=O)O)CCSCC1. The van der Waals surface area contributed by atoms with E-state index in [0.29, 0.717) is 6.04 Å². The molecule has 2 fully saturated rings. The van der Waals surface area contributed by atoms with E-state index in [0.717, 1.165) is 24.3 Å². The fraction of sp³-hybridized carbons (Fsp3) is 0.900. The van der Waals surface area contributed by atoms with Crippen molar-refractivity contribution >= 4 is 17.7 Å². The molecule has 1 N–H and O–H groups in total. The Balaban J connectivity index is 2.14. The molecule has 1 aliphatic heterocycles. The highest BCUT2D eigenvalue weighted by molar-refractivity contribution is 7.99. The average molecular weight is 215 g/mol. The van der Waals surface area contributed by atoms with Crippen molar-refractivity contribution in [2.75, 3.05) is 18.6 Å². The maximum atomic E-state index is 11.4. The first-order valence-corrected chi connectivity index (χ1v) is 6.36. The normalized spacial score (nSPS) is 26.4. The molecular weight excluding hydrogens is 198 g/mol. The van der Waals surface area contributed by atoms with Gasteiger partial charge >= 0.3 is 5.97 Å². The second kappa shape index (κ2) is 3.74. The first kappa shape index (κ1) is 10.3. The van der Waals surface area contributed by atoms with E-state index in [-0.39, 0.29) is 0 Å². The molecule has 1 heterocycles. The monoisotopic (exact) mass is 215 g/mol. The Kier molecular flexibility index (Phi) is 2.75. The van der Waals surface area contributed by atoms with Crippen molar-refractivity contribution in [1.82, 2.24) is 4.90 Å². The number of thioether (sulfide) groups is 1. The molecular formula is C10H17NO2S. The minimum Gasteiger partial charge on any atom is -0.480 e. The number of carboxylic acid groups (broad SMARTS) is 1. The van der Waals surface area contributed by atoms with Gasteiger partial charge in [-0.2, -0.15) is 11.8 Å². The molecule has 80 valence electrons. The Morgan fingerprint density at radius 1 is 1.43 bits per heavy atom. The summed E-state index contributed by atoms with van der Waals surface area (Å²) in [6.07, 6.45) is 3.97. The predicted octanol–water partition coefficient (Wildman–Crippen LogP) is 1.43. The van der Waals surface area contributed by atoms with Gasteiger partial charge in [0, 0.05) is 6.04 Å². The van der Waals surface area contributed by atoms with Gasteiger partial charge in [0.25, 0.3) is 0 Å². The zero-order valence-electron chi connectivity index (χ0n) is 8.53. The summed E-state index contributed by atoms with van der Waals surface area (Å²) in [6.45, 7) is 0. The topological polar surface area (TPSA) is 40.5 Å². The summed E-state index contributed by atoms with van der Waals surface area (Å²) in [4.78, 5) is 13.5. The molecule has 0 amide bonds. The average Bonchev–Trinajstić information content (AvgIpc) is 3.01. The van der Waals surface area contributed by atoms with Crippen LogP contribution in [-0.4, -0.2) is 46.1 Å². The van der Waals surface area contributed by atoms with Gasteiger partial charge < -0.3 is 5.11 Å². The van der Waals surface area contributed by atoms with Crippen molar-refractivity contribution in [3.05, 3.63) is 0 Å². The molecule has 0 aromatic heterocycles. The summed E-state index contributed by atoms with van der Waals surface area (Å²) < 4.78 is 0. The van der Waals surface area contributed by atoms with E-state index in [2.05, 4.69) is 4.90 Å². The van der Waals surface area contributed by atoms with Gasteiger partial charge in [-0.15, -0.1) is 0 Å². The molecule has 1 saturated heterocycles. The van der Waals surface area contributed by atoms with Crippen LogP contribution < -0.4 is 0 Å². The summed E-state index contributed by atoms with van der Waals surface area (Å²) in [5.41, 5.74) is -0.549. The number of hydrogen-bond donors (Lipinski definition) is 1. The Bertz CT molecular complexity index is 234. The number of likely N-dealkylation sites (N-methyl/N-ethyl adjacent to an activating group) is 1. The first-order valence-electron chi connectivity index (χ1n) is 5.21. The van der Waals surface area contributed by atoms with Crippen molar-refractivity contribution in [3.8, 4) is 0 Å². The van der Waals surface area contributed by atoms with Crippen molar-refractivity contribution in [2.45, 2.75) is 37.3 Å². The third kappa shape index (κ3) is 1.65. The summed E-state index contributed by atoms with van der Waals surface area (Å²) in [5.74, 6) is 1.36. The lowest BCUT2D eigenvalue weighted by atomic mass is 9.90. The van der Waals surface area contributed by atoms with E-state index < -0.39 is 11.5 Å². The number of aliphatic carboxylic acids is 1. The van der Waals surface area contributed by atoms with Gasteiger partial charge in [-0.3, -0.25) is 9.69 Å². The molecule has 0 unspecified atom stereocenters. The van der Waals surface area contributed by atoms with Crippen LogP contribution in [0.2, 0.25) is 0 Å². The molecule has 14 heavy (non-hydrogen) atoms. The van der Waals surface area contributed by atoms with Gasteiger partial charge in [0.2, 0.25) is 0 Å². The van der Waals surface area contributed by atoms with Crippen molar-refractivity contribution < 1.29 is 9.90 Å². The van der Waals surface area contributed by atoms with Crippen molar-refractivity contribution in [2.24, 2.45) is 0 Å². The highest BCUT2D eigenvalue weighted by Gasteiger charge is 2.48. The smallest absolute Gasteiger partial charge is 0.324 e. The molecule has 0 spiro atoms. The van der Waals surface area contributed by atoms with Crippen LogP contribution in [0.25, 0.3) is 0 Å². The summed E-state index contributed by atoms with van der Waals surface area (Å²) in [6, 6.07) is 0.536. The molecule has 0 aromatic carbocycles. The van der Waals surface area contributed by atoms with Gasteiger partial charge in [0.15, 0.2) is 0 Å². The second-order valence-electron chi connectivity index (χ2n) is 4.29. The van der Waals surface area contributed by atoms with Crippen LogP contribution in [0.15, 0.2) is 0 Å². The van der Waals surface area contributed by atoms with Crippen LogP contribution in [0.1, 0.15) is 25.7 Å². The molecule has 4 heteroatoms. The quantitative estimate of drug-likeness (QED) is 0.773. The predicted molar refractivity (Wildman–Crippen MR) is 57.7 cm³/mol. The minimum atomic E-state index is -0.618. The maximum absolute atomic E-state index is 11.4. The number of carbonyl (C=O) groups is 1. The molecule has 1 aliphatic carbocycles. The first-order chi connectivity index (χ1) is 6.67. The second-order valence-corrected chi connectivity index (χ2v) is 5.52. The van der Waals surface area contributed by atoms with Crippen molar-refractivity contribution in [3.63, 3.8) is 0 Å². The fourth-order valence-electron chi connectivity index (χ4n) is 2.24. The fourth-order valence-corrected chi connectivity index (χ4v) is 3.41. The van der Waals surface area contributed by atoms with Gasteiger partial charge in [-0.05, 0) is 44.2 Å². The Labute approximate surface area is 88.9 Å². The van der Waals surface area contributed by atoms with Crippen LogP contribution >= 0.6 is 11.8 Å². The number of hydrogen-bond acceptors (Lipinski definition) is 3. The highest BCUT2D eigenvalue weighted by Crippen LogP contribution is 2.38. The van der Waals surface area contributed by atoms with Gasteiger partial charge in [0.05, 0.1) is 0 Å². The largest absolute Gasteiger partial charge is 0.480 e. The molecule has 0 radical (unpaired) electrons. The van der Waals surface area contributed by atoms with E-state index in [9.17, 15) is 9.90 Å². The molecule has 2 aliphatic rings. The lowest BCUT2D eigenvalue weighted by Crippen LogP contribution is -2.55. The molecule has 1 saturated carbocycles. The Morgan fingerprint density at radius 3 is 2.43 bits per heavy atom. The van der Waals surface area contributed by atoms with Crippen LogP contribution in [0.5, 0.6) is 0 Å². The van der Waals surface area contributed by atoms with Gasteiger partial charge in [0.1, 0.15) is 5.54 Å². The highest BCUT2D eigenvalue weighted by atomic mass is 32.2. The zero-order chi connectivity index (χ0) is 10.2. The molecule has 2 rings (SSSR count). The van der Waals surface area contributed by atoms with Crippen LogP contribution in [0.3, 0.4) is 0 Å². The minimum absolute atomic E-state index is 0.536. The number of carboxylic acids is 1. The summed E-state index contributed by atoms with van der Waals surface area (Å²) in [7, 11) is 1.99. The van der Waals surface area contributed by atoms with Crippen molar-refractivity contribution in [1.29, 1.82) is 0 Å². The lowest BCUT2D eigenvalue weighted by Gasteiger charge is -2.41. The third-order valence-electron chi connectivity index (χ3n) is 3.49. The van der Waals surface area contributed by atoms with Gasteiger partial charge in [-0.1, -0.05) is 0 Å². The van der Waals surface area contributed by atoms with Crippen LogP contribution in [0, 0.1) is 0 Å². The van der Waals surface area contributed by atoms with Crippen LogP contribution in [-0.2, 0) is 4.79 Å².